The third-order valence-corrected chi connectivity index (χ3v) is 3.83. The van der Waals surface area contributed by atoms with Crippen LogP contribution in [0.1, 0.15) is 44.7 Å². The predicted octanol–water partition coefficient (Wildman–Crippen LogP) is 3.57. The largest absolute Gasteiger partial charge is 0.307 e. The van der Waals surface area contributed by atoms with Crippen molar-refractivity contribution in [3.05, 3.63) is 29.0 Å². The van der Waals surface area contributed by atoms with E-state index in [4.69, 9.17) is 11.6 Å². The van der Waals surface area contributed by atoms with Gasteiger partial charge in [-0.2, -0.15) is 0 Å². The van der Waals surface area contributed by atoms with Gasteiger partial charge in [0, 0.05) is 18.3 Å². The van der Waals surface area contributed by atoms with E-state index in [9.17, 15) is 0 Å². The average Bonchev–Trinajstić information content (AvgIpc) is 2.14. The number of aromatic nitrogens is 1. The number of pyridine rings is 1. The summed E-state index contributed by atoms with van der Waals surface area (Å²) in [5, 5.41) is 4.21. The van der Waals surface area contributed by atoms with Crippen molar-refractivity contribution >= 4 is 11.6 Å². The number of nitrogens with one attached hydrogen (secondary N) is 1. The highest BCUT2D eigenvalue weighted by Gasteiger charge is 2.24. The van der Waals surface area contributed by atoms with Gasteiger partial charge in [0.1, 0.15) is 5.15 Å². The maximum atomic E-state index is 5.89. The molecule has 1 aliphatic rings. The van der Waals surface area contributed by atoms with E-state index in [0.717, 1.165) is 5.92 Å². The first-order valence-corrected chi connectivity index (χ1v) is 6.42. The minimum Gasteiger partial charge on any atom is -0.307 e. The summed E-state index contributed by atoms with van der Waals surface area (Å²) in [7, 11) is 0. The molecule has 1 aromatic heterocycles. The molecule has 0 spiro atoms. The summed E-state index contributed by atoms with van der Waals surface area (Å²) in [5.41, 5.74) is 1.21. The van der Waals surface area contributed by atoms with Gasteiger partial charge in [0.25, 0.3) is 0 Å². The minimum absolute atomic E-state index is 0.344. The van der Waals surface area contributed by atoms with Crippen LogP contribution >= 0.6 is 11.6 Å². The smallest absolute Gasteiger partial charge is 0.129 e. The van der Waals surface area contributed by atoms with Crippen LogP contribution in [-0.4, -0.2) is 11.0 Å². The van der Waals surface area contributed by atoms with Crippen LogP contribution in [0.4, 0.5) is 0 Å². The van der Waals surface area contributed by atoms with Gasteiger partial charge in [-0.3, -0.25) is 0 Å². The first-order valence-electron chi connectivity index (χ1n) is 6.04. The van der Waals surface area contributed by atoms with Gasteiger partial charge in [-0.05, 0) is 50.3 Å². The molecule has 1 saturated carbocycles. The third kappa shape index (κ3) is 2.74. The summed E-state index contributed by atoms with van der Waals surface area (Å²) >= 11 is 5.89. The molecule has 2 atom stereocenters. The summed E-state index contributed by atoms with van der Waals surface area (Å²) in [5.74, 6) is 0.861. The molecular weight excluding hydrogens is 220 g/mol. The normalized spacial score (nSPS) is 20.2. The number of hydrogen-bond donors (Lipinski definition) is 1. The molecule has 1 N–H and O–H groups in total. The van der Waals surface area contributed by atoms with Crippen LogP contribution in [0, 0.1) is 5.92 Å². The molecule has 16 heavy (non-hydrogen) atoms. The molecule has 2 unspecified atom stereocenters. The molecule has 0 aliphatic heterocycles. The Balaban J connectivity index is 1.93. The van der Waals surface area contributed by atoms with Crippen LogP contribution in [0.3, 0.4) is 0 Å². The highest BCUT2D eigenvalue weighted by molar-refractivity contribution is 6.29. The SMILES string of the molecule is CC(NC(C)C1CCC1)c1ccnc(Cl)c1. The summed E-state index contributed by atoms with van der Waals surface area (Å²) < 4.78 is 0. The molecule has 2 rings (SSSR count). The van der Waals surface area contributed by atoms with E-state index in [2.05, 4.69) is 24.1 Å². The van der Waals surface area contributed by atoms with E-state index in [-0.39, 0.29) is 0 Å². The third-order valence-electron chi connectivity index (χ3n) is 3.62. The molecule has 0 saturated heterocycles. The zero-order valence-corrected chi connectivity index (χ0v) is 10.7. The number of rotatable bonds is 4. The number of hydrogen-bond acceptors (Lipinski definition) is 2. The molecule has 3 heteroatoms. The van der Waals surface area contributed by atoms with E-state index >= 15 is 0 Å². The Bertz CT molecular complexity index is 350. The van der Waals surface area contributed by atoms with Crippen molar-refractivity contribution in [1.82, 2.24) is 10.3 Å². The average molecular weight is 239 g/mol. The fraction of sp³-hybridized carbons (Fsp3) is 0.615. The summed E-state index contributed by atoms with van der Waals surface area (Å²) in [6.07, 6.45) is 5.91. The van der Waals surface area contributed by atoms with Gasteiger partial charge in [-0.25, -0.2) is 4.98 Å². The van der Waals surface area contributed by atoms with Crippen molar-refractivity contribution in [2.45, 2.75) is 45.2 Å². The van der Waals surface area contributed by atoms with E-state index in [1.54, 1.807) is 6.20 Å². The Labute approximate surface area is 102 Å². The zero-order chi connectivity index (χ0) is 11.5. The lowest BCUT2D eigenvalue weighted by Crippen LogP contribution is -2.38. The van der Waals surface area contributed by atoms with E-state index in [1.807, 2.05) is 12.1 Å². The van der Waals surface area contributed by atoms with E-state index in [0.29, 0.717) is 17.2 Å². The lowest BCUT2D eigenvalue weighted by molar-refractivity contribution is 0.229. The van der Waals surface area contributed by atoms with Crippen molar-refractivity contribution in [3.63, 3.8) is 0 Å². The topological polar surface area (TPSA) is 24.9 Å². The highest BCUT2D eigenvalue weighted by Crippen LogP contribution is 2.30. The molecule has 1 aromatic rings. The van der Waals surface area contributed by atoms with Crippen molar-refractivity contribution in [2.24, 2.45) is 5.92 Å². The monoisotopic (exact) mass is 238 g/mol. The Morgan fingerprint density at radius 3 is 2.75 bits per heavy atom. The molecule has 0 amide bonds. The Morgan fingerprint density at radius 1 is 1.44 bits per heavy atom. The quantitative estimate of drug-likeness (QED) is 0.812. The fourth-order valence-corrected chi connectivity index (χ4v) is 2.44. The standard InChI is InChI=1S/C13H19ClN2/c1-9(11-4-3-5-11)16-10(2)12-6-7-15-13(14)8-12/h6-11,16H,3-5H2,1-2H3. The van der Waals surface area contributed by atoms with E-state index < -0.39 is 0 Å². The first kappa shape index (κ1) is 11.9. The van der Waals surface area contributed by atoms with E-state index in [1.165, 1.54) is 24.8 Å². The summed E-state index contributed by atoms with van der Waals surface area (Å²) in [6, 6.07) is 4.90. The van der Waals surface area contributed by atoms with Gasteiger partial charge >= 0.3 is 0 Å². The lowest BCUT2D eigenvalue weighted by atomic mass is 9.80. The number of halogens is 1. The van der Waals surface area contributed by atoms with Gasteiger partial charge in [0.05, 0.1) is 0 Å². The fourth-order valence-electron chi connectivity index (χ4n) is 2.25. The van der Waals surface area contributed by atoms with Crippen LogP contribution in [-0.2, 0) is 0 Å². The molecule has 0 aromatic carbocycles. The van der Waals surface area contributed by atoms with Crippen molar-refractivity contribution in [2.75, 3.05) is 0 Å². The molecule has 1 aliphatic carbocycles. The van der Waals surface area contributed by atoms with Crippen LogP contribution in [0.5, 0.6) is 0 Å². The van der Waals surface area contributed by atoms with Gasteiger partial charge < -0.3 is 5.32 Å². The Kier molecular flexibility index (Phi) is 3.82. The van der Waals surface area contributed by atoms with Gasteiger partial charge in [-0.1, -0.05) is 18.0 Å². The molecule has 0 radical (unpaired) electrons. The number of nitrogens with zero attached hydrogens (tertiary/aromatic N) is 1. The minimum atomic E-state index is 0.344. The predicted molar refractivity (Wildman–Crippen MR) is 67.6 cm³/mol. The van der Waals surface area contributed by atoms with Crippen molar-refractivity contribution < 1.29 is 0 Å². The zero-order valence-electron chi connectivity index (χ0n) is 9.91. The second-order valence-electron chi connectivity index (χ2n) is 4.78. The molecular formula is C13H19ClN2. The Hall–Kier alpha value is -0.600. The van der Waals surface area contributed by atoms with Crippen LogP contribution in [0.2, 0.25) is 5.15 Å². The maximum absolute atomic E-state index is 5.89. The molecule has 1 fully saturated rings. The van der Waals surface area contributed by atoms with Crippen molar-refractivity contribution in [1.29, 1.82) is 0 Å². The van der Waals surface area contributed by atoms with Gasteiger partial charge in [0.15, 0.2) is 0 Å². The Morgan fingerprint density at radius 2 is 2.19 bits per heavy atom. The lowest BCUT2D eigenvalue weighted by Gasteiger charge is -2.34. The van der Waals surface area contributed by atoms with Gasteiger partial charge in [-0.15, -0.1) is 0 Å². The summed E-state index contributed by atoms with van der Waals surface area (Å²) in [4.78, 5) is 4.00. The molecule has 1 heterocycles. The van der Waals surface area contributed by atoms with Gasteiger partial charge in [0.2, 0.25) is 0 Å². The second-order valence-corrected chi connectivity index (χ2v) is 5.17. The van der Waals surface area contributed by atoms with Crippen molar-refractivity contribution in [3.8, 4) is 0 Å². The molecule has 2 nitrogen and oxygen atoms in total. The molecule has 0 bridgehead atoms. The highest BCUT2D eigenvalue weighted by atomic mass is 35.5. The van der Waals surface area contributed by atoms with Crippen LogP contribution in [0.25, 0.3) is 0 Å². The van der Waals surface area contributed by atoms with Crippen LogP contribution < -0.4 is 5.32 Å². The maximum Gasteiger partial charge on any atom is 0.129 e. The first-order chi connectivity index (χ1) is 7.66. The van der Waals surface area contributed by atoms with Crippen LogP contribution in [0.15, 0.2) is 18.3 Å². The summed E-state index contributed by atoms with van der Waals surface area (Å²) in [6.45, 7) is 4.46. The second kappa shape index (κ2) is 5.15. The molecule has 88 valence electrons.